The molecule has 14 heavy (non-hydrogen) atoms. The maximum absolute atomic E-state index is 11.8. The van der Waals surface area contributed by atoms with Crippen LogP contribution in [-0.2, 0) is 5.33 Å². The van der Waals surface area contributed by atoms with E-state index < -0.39 is 0 Å². The highest BCUT2D eigenvalue weighted by atomic mass is 79.9. The van der Waals surface area contributed by atoms with Crippen LogP contribution in [0.5, 0.6) is 5.75 Å². The summed E-state index contributed by atoms with van der Waals surface area (Å²) in [5.74, 6) is 0.737. The molecule has 1 aromatic rings. The maximum Gasteiger partial charge on any atom is 0.141 e. The molecule has 0 spiro atoms. The molecule has 1 rings (SSSR count). The molecule has 0 bridgehead atoms. The fourth-order valence-corrected chi connectivity index (χ4v) is 1.46. The smallest absolute Gasteiger partial charge is 0.141 e. The van der Waals surface area contributed by atoms with Crippen LogP contribution in [0.3, 0.4) is 0 Å². The van der Waals surface area contributed by atoms with E-state index in [2.05, 4.69) is 20.9 Å². The fraction of sp³-hybridized carbons (Fsp3) is 0.500. The van der Waals surface area contributed by atoms with Gasteiger partial charge in [-0.25, -0.2) is 0 Å². The van der Waals surface area contributed by atoms with Gasteiger partial charge in [0.15, 0.2) is 0 Å². The van der Waals surface area contributed by atoms with E-state index in [1.165, 1.54) is 0 Å². The number of rotatable bonds is 5. The Labute approximate surface area is 91.6 Å². The van der Waals surface area contributed by atoms with Crippen LogP contribution >= 0.6 is 15.9 Å². The van der Waals surface area contributed by atoms with Crippen LogP contribution in [0.4, 0.5) is 4.39 Å². The van der Waals surface area contributed by atoms with E-state index in [0.29, 0.717) is 18.4 Å². The molecule has 0 aliphatic carbocycles. The number of nitrogens with zero attached hydrogens (tertiary/aromatic N) is 1. The summed E-state index contributed by atoms with van der Waals surface area (Å²) in [5.41, 5.74) is 1.82. The van der Waals surface area contributed by atoms with Crippen molar-refractivity contribution in [1.82, 2.24) is 4.98 Å². The van der Waals surface area contributed by atoms with Crippen LogP contribution in [0, 0.1) is 6.92 Å². The zero-order valence-electron chi connectivity index (χ0n) is 8.09. The molecule has 0 N–H and O–H groups in total. The first-order chi connectivity index (χ1) is 6.77. The fourth-order valence-electron chi connectivity index (χ4n) is 1.06. The number of aromatic nitrogens is 1. The van der Waals surface area contributed by atoms with Crippen LogP contribution in [0.2, 0.25) is 0 Å². The van der Waals surface area contributed by atoms with Gasteiger partial charge in [-0.3, -0.25) is 9.37 Å². The lowest BCUT2D eigenvalue weighted by Crippen LogP contribution is -2.02. The highest BCUT2D eigenvalue weighted by Crippen LogP contribution is 2.19. The highest BCUT2D eigenvalue weighted by Gasteiger charge is 2.03. The van der Waals surface area contributed by atoms with Crippen LogP contribution in [-0.4, -0.2) is 18.3 Å². The zero-order valence-corrected chi connectivity index (χ0v) is 9.68. The normalized spacial score (nSPS) is 10.2. The molecule has 0 saturated heterocycles. The van der Waals surface area contributed by atoms with Crippen molar-refractivity contribution >= 4 is 15.9 Å². The summed E-state index contributed by atoms with van der Waals surface area (Å²) < 4.78 is 17.2. The third-order valence-corrected chi connectivity index (χ3v) is 2.26. The largest absolute Gasteiger partial charge is 0.492 e. The summed E-state index contributed by atoms with van der Waals surface area (Å²) >= 11 is 3.33. The van der Waals surface area contributed by atoms with Gasteiger partial charge in [0.05, 0.1) is 19.0 Å². The standard InChI is InChI=1S/C10H13BrFNO/c1-8-3-4-10(9(7-11)13-8)14-6-2-5-12/h3-4H,2,5-7H2,1H3. The molecule has 0 unspecified atom stereocenters. The van der Waals surface area contributed by atoms with Gasteiger partial charge in [-0.1, -0.05) is 15.9 Å². The number of ether oxygens (including phenoxy) is 1. The summed E-state index contributed by atoms with van der Waals surface area (Å²) in [6.45, 7) is 1.99. The highest BCUT2D eigenvalue weighted by molar-refractivity contribution is 9.08. The number of alkyl halides is 2. The van der Waals surface area contributed by atoms with Gasteiger partial charge in [0.1, 0.15) is 5.75 Å². The number of halogens is 2. The average molecular weight is 262 g/mol. The van der Waals surface area contributed by atoms with Crippen LogP contribution in [0.25, 0.3) is 0 Å². The van der Waals surface area contributed by atoms with E-state index >= 15 is 0 Å². The lowest BCUT2D eigenvalue weighted by molar-refractivity contribution is 0.286. The van der Waals surface area contributed by atoms with E-state index in [1.54, 1.807) is 0 Å². The second-order valence-electron chi connectivity index (χ2n) is 2.92. The van der Waals surface area contributed by atoms with E-state index in [0.717, 1.165) is 17.1 Å². The Morgan fingerprint density at radius 3 is 2.93 bits per heavy atom. The Balaban J connectivity index is 2.65. The summed E-state index contributed by atoms with van der Waals surface area (Å²) in [6.07, 6.45) is 0.426. The minimum absolute atomic E-state index is 0.344. The molecular weight excluding hydrogens is 249 g/mol. The van der Waals surface area contributed by atoms with Crippen molar-refractivity contribution in [3.8, 4) is 5.75 Å². The zero-order chi connectivity index (χ0) is 10.4. The number of hydrogen-bond acceptors (Lipinski definition) is 2. The third kappa shape index (κ3) is 3.25. The predicted molar refractivity (Wildman–Crippen MR) is 57.7 cm³/mol. The lowest BCUT2D eigenvalue weighted by atomic mass is 10.3. The average Bonchev–Trinajstić information content (AvgIpc) is 2.20. The molecule has 4 heteroatoms. The van der Waals surface area contributed by atoms with Gasteiger partial charge in [-0.2, -0.15) is 0 Å². The van der Waals surface area contributed by atoms with Crippen molar-refractivity contribution in [3.05, 3.63) is 23.5 Å². The molecule has 0 aliphatic rings. The SMILES string of the molecule is Cc1ccc(OCCCF)c(CBr)n1. The van der Waals surface area contributed by atoms with Gasteiger partial charge in [0.2, 0.25) is 0 Å². The van der Waals surface area contributed by atoms with Gasteiger partial charge < -0.3 is 4.74 Å². The first-order valence-electron chi connectivity index (χ1n) is 4.49. The molecular formula is C10H13BrFNO. The van der Waals surface area contributed by atoms with Crippen molar-refractivity contribution in [2.45, 2.75) is 18.7 Å². The van der Waals surface area contributed by atoms with Crippen molar-refractivity contribution in [1.29, 1.82) is 0 Å². The number of aryl methyl sites for hydroxylation is 1. The molecule has 1 heterocycles. The summed E-state index contributed by atoms with van der Waals surface area (Å²) in [7, 11) is 0. The van der Waals surface area contributed by atoms with Crippen LogP contribution in [0.15, 0.2) is 12.1 Å². The summed E-state index contributed by atoms with van der Waals surface area (Å²) in [4.78, 5) is 4.30. The first-order valence-corrected chi connectivity index (χ1v) is 5.61. The lowest BCUT2D eigenvalue weighted by Gasteiger charge is -2.08. The third-order valence-electron chi connectivity index (χ3n) is 1.73. The molecule has 78 valence electrons. The molecule has 0 atom stereocenters. The van der Waals surface area contributed by atoms with Gasteiger partial charge >= 0.3 is 0 Å². The number of pyridine rings is 1. The second kappa shape index (κ2) is 5.96. The Hall–Kier alpha value is -0.640. The van der Waals surface area contributed by atoms with Crippen LogP contribution < -0.4 is 4.74 Å². The van der Waals surface area contributed by atoms with Crippen LogP contribution in [0.1, 0.15) is 17.8 Å². The van der Waals surface area contributed by atoms with Crippen molar-refractivity contribution < 1.29 is 9.13 Å². The molecule has 2 nitrogen and oxygen atoms in total. The maximum atomic E-state index is 11.8. The van der Waals surface area contributed by atoms with Gasteiger partial charge in [-0.15, -0.1) is 0 Å². The van der Waals surface area contributed by atoms with Gasteiger partial charge in [0.25, 0.3) is 0 Å². The summed E-state index contributed by atoms with van der Waals surface area (Å²) in [5, 5.41) is 0.652. The molecule has 0 fully saturated rings. The van der Waals surface area contributed by atoms with Gasteiger partial charge in [-0.05, 0) is 19.1 Å². The predicted octanol–water partition coefficient (Wildman–Crippen LogP) is 3.02. The minimum Gasteiger partial charge on any atom is -0.492 e. The van der Waals surface area contributed by atoms with Crippen molar-refractivity contribution in [2.75, 3.05) is 13.3 Å². The molecule has 0 radical (unpaired) electrons. The van der Waals surface area contributed by atoms with E-state index in [4.69, 9.17) is 4.74 Å². The Kier molecular flexibility index (Phi) is 4.87. The molecule has 0 amide bonds. The number of hydrogen-bond donors (Lipinski definition) is 0. The second-order valence-corrected chi connectivity index (χ2v) is 3.48. The van der Waals surface area contributed by atoms with Crippen molar-refractivity contribution in [2.24, 2.45) is 0 Å². The first kappa shape index (κ1) is 11.4. The molecule has 0 saturated carbocycles. The monoisotopic (exact) mass is 261 g/mol. The van der Waals surface area contributed by atoms with E-state index in [1.807, 2.05) is 19.1 Å². The quantitative estimate of drug-likeness (QED) is 0.601. The summed E-state index contributed by atoms with van der Waals surface area (Å²) in [6, 6.07) is 3.76. The Morgan fingerprint density at radius 1 is 1.50 bits per heavy atom. The Bertz CT molecular complexity index is 293. The topological polar surface area (TPSA) is 22.1 Å². The molecule has 0 aliphatic heterocycles. The van der Waals surface area contributed by atoms with E-state index in [9.17, 15) is 4.39 Å². The van der Waals surface area contributed by atoms with Gasteiger partial charge in [0, 0.05) is 17.4 Å². The van der Waals surface area contributed by atoms with Crippen molar-refractivity contribution in [3.63, 3.8) is 0 Å². The minimum atomic E-state index is -0.344. The molecule has 1 aromatic heterocycles. The molecule has 0 aromatic carbocycles. The van der Waals surface area contributed by atoms with E-state index in [-0.39, 0.29) is 6.67 Å². The Morgan fingerprint density at radius 2 is 2.29 bits per heavy atom.